The van der Waals surface area contributed by atoms with Crippen molar-refractivity contribution in [3.05, 3.63) is 76.9 Å². The van der Waals surface area contributed by atoms with Crippen LogP contribution >= 0.6 is 11.6 Å². The summed E-state index contributed by atoms with van der Waals surface area (Å²) < 4.78 is 0. The molecular weight excluding hydrogens is 380 g/mol. The van der Waals surface area contributed by atoms with Crippen molar-refractivity contribution < 1.29 is 4.79 Å². The Morgan fingerprint density at radius 2 is 1.72 bits per heavy atom. The summed E-state index contributed by atoms with van der Waals surface area (Å²) in [5, 5.41) is 5.16. The van der Waals surface area contributed by atoms with E-state index in [1.54, 1.807) is 24.3 Å². The normalized spacial score (nSPS) is 26.2. The number of nitrogens with one attached hydrogen (secondary N) is 1. The van der Waals surface area contributed by atoms with Gasteiger partial charge in [-0.2, -0.15) is 0 Å². The van der Waals surface area contributed by atoms with Gasteiger partial charge in [0.05, 0.1) is 5.52 Å². The maximum Gasteiger partial charge on any atom is 0.251 e. The number of nitrogens with zero attached hydrogens (tertiary/aromatic N) is 1. The molecule has 3 nitrogen and oxygen atoms in total. The smallest absolute Gasteiger partial charge is 0.251 e. The van der Waals surface area contributed by atoms with Crippen molar-refractivity contribution in [3.63, 3.8) is 0 Å². The van der Waals surface area contributed by atoms with Gasteiger partial charge in [-0.25, -0.2) is 0 Å². The molecule has 0 saturated heterocycles. The lowest BCUT2D eigenvalue weighted by Gasteiger charge is -2.52. The van der Waals surface area contributed by atoms with E-state index in [-0.39, 0.29) is 5.91 Å². The molecule has 148 valence electrons. The van der Waals surface area contributed by atoms with Crippen LogP contribution < -0.4 is 5.32 Å². The van der Waals surface area contributed by atoms with Gasteiger partial charge in [0, 0.05) is 28.2 Å². The number of benzene rings is 2. The Bertz CT molecular complexity index is 1020. The standard InChI is InChI=1S/C25H25ClN2O/c26-19-7-5-18(6-8-19)24(29)28-20-15-25(16-20)12-9-17(10-13-25)21-11-14-27-23-4-2-1-3-22(21)23/h1-8,11,14,17,20H,9-10,12-13,15-16H2,(H,28,29). The lowest BCUT2D eigenvalue weighted by atomic mass is 9.56. The number of hydrogen-bond donors (Lipinski definition) is 1. The summed E-state index contributed by atoms with van der Waals surface area (Å²) in [5.74, 6) is 0.634. The molecule has 29 heavy (non-hydrogen) atoms. The Balaban J connectivity index is 1.19. The third-order valence-corrected chi connectivity index (χ3v) is 7.22. The molecule has 1 amide bonds. The Kier molecular flexibility index (Phi) is 4.79. The number of aromatic nitrogens is 1. The van der Waals surface area contributed by atoms with E-state index in [9.17, 15) is 4.79 Å². The largest absolute Gasteiger partial charge is 0.349 e. The van der Waals surface area contributed by atoms with Gasteiger partial charge in [-0.1, -0.05) is 29.8 Å². The second-order valence-electron chi connectivity index (χ2n) is 8.78. The number of fused-ring (bicyclic) bond motifs is 1. The number of hydrogen-bond acceptors (Lipinski definition) is 2. The van der Waals surface area contributed by atoms with E-state index in [0.717, 1.165) is 18.4 Å². The second-order valence-corrected chi connectivity index (χ2v) is 9.21. The van der Waals surface area contributed by atoms with Crippen LogP contribution in [0.3, 0.4) is 0 Å². The van der Waals surface area contributed by atoms with Crippen molar-refractivity contribution in [1.82, 2.24) is 10.3 Å². The van der Waals surface area contributed by atoms with Crippen molar-refractivity contribution in [2.45, 2.75) is 50.5 Å². The number of carbonyl (C=O) groups excluding carboxylic acids is 1. The summed E-state index contributed by atoms with van der Waals surface area (Å²) in [5.41, 5.74) is 3.66. The van der Waals surface area contributed by atoms with Gasteiger partial charge >= 0.3 is 0 Å². The third-order valence-electron chi connectivity index (χ3n) is 6.97. The SMILES string of the molecule is O=C(NC1CC2(CCC(c3ccnc4ccccc34)CC2)C1)c1ccc(Cl)cc1. The molecule has 2 aliphatic carbocycles. The highest BCUT2D eigenvalue weighted by Gasteiger charge is 2.46. The molecular formula is C25H25ClN2O. The zero-order valence-electron chi connectivity index (χ0n) is 16.4. The quantitative estimate of drug-likeness (QED) is 0.570. The van der Waals surface area contributed by atoms with Crippen LogP contribution in [0.2, 0.25) is 5.02 Å². The summed E-state index contributed by atoms with van der Waals surface area (Å²) in [6.07, 6.45) is 9.13. The summed E-state index contributed by atoms with van der Waals surface area (Å²) >= 11 is 5.91. The van der Waals surface area contributed by atoms with Crippen LogP contribution in [-0.4, -0.2) is 16.9 Å². The van der Waals surface area contributed by atoms with Crippen LogP contribution in [0, 0.1) is 5.41 Å². The van der Waals surface area contributed by atoms with Gasteiger partial charge in [0.15, 0.2) is 0 Å². The fourth-order valence-electron chi connectivity index (χ4n) is 5.38. The number of carbonyl (C=O) groups is 1. The van der Waals surface area contributed by atoms with Gasteiger partial charge in [0.1, 0.15) is 0 Å². The molecule has 4 heteroatoms. The molecule has 0 aliphatic heterocycles. The minimum absolute atomic E-state index is 0.0125. The first-order valence-electron chi connectivity index (χ1n) is 10.5. The zero-order valence-corrected chi connectivity index (χ0v) is 17.2. The summed E-state index contributed by atoms with van der Waals surface area (Å²) in [6, 6.07) is 18.1. The summed E-state index contributed by atoms with van der Waals surface area (Å²) in [4.78, 5) is 16.9. The zero-order chi connectivity index (χ0) is 19.8. The van der Waals surface area contributed by atoms with Gasteiger partial charge in [-0.3, -0.25) is 9.78 Å². The van der Waals surface area contributed by atoms with Crippen molar-refractivity contribution in [2.24, 2.45) is 5.41 Å². The van der Waals surface area contributed by atoms with Crippen molar-refractivity contribution in [3.8, 4) is 0 Å². The molecule has 0 radical (unpaired) electrons. The lowest BCUT2D eigenvalue weighted by molar-refractivity contribution is 0.0312. The molecule has 1 spiro atoms. The average molecular weight is 405 g/mol. The molecule has 2 aliphatic rings. The lowest BCUT2D eigenvalue weighted by Crippen LogP contribution is -2.51. The van der Waals surface area contributed by atoms with Crippen LogP contribution in [-0.2, 0) is 0 Å². The van der Waals surface area contributed by atoms with E-state index in [4.69, 9.17) is 11.6 Å². The van der Waals surface area contributed by atoms with Crippen LogP contribution in [0.1, 0.15) is 60.4 Å². The third kappa shape index (κ3) is 3.64. The molecule has 5 rings (SSSR count). The van der Waals surface area contributed by atoms with E-state index in [1.807, 2.05) is 6.20 Å². The fourth-order valence-corrected chi connectivity index (χ4v) is 5.51. The number of halogens is 1. The minimum Gasteiger partial charge on any atom is -0.349 e. The van der Waals surface area contributed by atoms with Gasteiger partial charge < -0.3 is 5.32 Å². The van der Waals surface area contributed by atoms with Crippen LogP contribution in [0.25, 0.3) is 10.9 Å². The van der Waals surface area contributed by atoms with E-state index >= 15 is 0 Å². The van der Waals surface area contributed by atoms with Gasteiger partial charge in [-0.15, -0.1) is 0 Å². The molecule has 1 heterocycles. The molecule has 0 unspecified atom stereocenters. The molecule has 3 aromatic rings. The van der Waals surface area contributed by atoms with Gasteiger partial charge in [0.25, 0.3) is 5.91 Å². The summed E-state index contributed by atoms with van der Waals surface area (Å²) in [6.45, 7) is 0. The number of amides is 1. The van der Waals surface area contributed by atoms with E-state index < -0.39 is 0 Å². The Hall–Kier alpha value is -2.39. The van der Waals surface area contributed by atoms with Crippen LogP contribution in [0.5, 0.6) is 0 Å². The fraction of sp³-hybridized carbons (Fsp3) is 0.360. The molecule has 2 aromatic carbocycles. The first-order valence-corrected chi connectivity index (χ1v) is 10.9. The van der Waals surface area contributed by atoms with E-state index in [0.29, 0.717) is 28.0 Å². The highest BCUT2D eigenvalue weighted by atomic mass is 35.5. The van der Waals surface area contributed by atoms with Crippen molar-refractivity contribution in [2.75, 3.05) is 0 Å². The van der Waals surface area contributed by atoms with Crippen molar-refractivity contribution in [1.29, 1.82) is 0 Å². The van der Waals surface area contributed by atoms with Gasteiger partial charge in [0.2, 0.25) is 0 Å². The molecule has 1 N–H and O–H groups in total. The highest BCUT2D eigenvalue weighted by Crippen LogP contribution is 2.54. The summed E-state index contributed by atoms with van der Waals surface area (Å²) in [7, 11) is 0. The average Bonchev–Trinajstić information content (AvgIpc) is 2.73. The topological polar surface area (TPSA) is 42.0 Å². The second kappa shape index (κ2) is 7.46. The molecule has 2 saturated carbocycles. The highest BCUT2D eigenvalue weighted by molar-refractivity contribution is 6.30. The maximum absolute atomic E-state index is 12.4. The van der Waals surface area contributed by atoms with Crippen LogP contribution in [0.15, 0.2) is 60.8 Å². The Labute approximate surface area is 176 Å². The van der Waals surface area contributed by atoms with E-state index in [2.05, 4.69) is 40.6 Å². The molecule has 1 aromatic heterocycles. The number of rotatable bonds is 3. The molecule has 0 atom stereocenters. The predicted molar refractivity (Wildman–Crippen MR) is 117 cm³/mol. The minimum atomic E-state index is 0.0125. The van der Waals surface area contributed by atoms with E-state index in [1.165, 1.54) is 36.6 Å². The van der Waals surface area contributed by atoms with Crippen molar-refractivity contribution >= 4 is 28.4 Å². The Morgan fingerprint density at radius 1 is 1.00 bits per heavy atom. The Morgan fingerprint density at radius 3 is 2.48 bits per heavy atom. The van der Waals surface area contributed by atoms with Crippen LogP contribution in [0.4, 0.5) is 0 Å². The first-order chi connectivity index (χ1) is 14.1. The van der Waals surface area contributed by atoms with Gasteiger partial charge in [-0.05, 0) is 91.8 Å². The number of pyridine rings is 1. The monoisotopic (exact) mass is 404 g/mol. The first kappa shape index (κ1) is 18.6. The predicted octanol–water partition coefficient (Wildman–Crippen LogP) is 6.12. The maximum atomic E-state index is 12.4. The molecule has 2 fully saturated rings. The number of para-hydroxylation sites is 1. The molecule has 0 bridgehead atoms.